The molecule has 1 amide bonds. The smallest absolute Gasteiger partial charge is 0.550 e. The van der Waals surface area contributed by atoms with Gasteiger partial charge < -0.3 is 24.3 Å². The Hall–Kier alpha value is -1.80. The normalized spacial score (nSPS) is 13.9. The number of carbonyl (C=O) groups is 2. The molecule has 7 nitrogen and oxygen atoms in total. The second-order valence-electron chi connectivity index (χ2n) is 5.72. The first-order valence-electron chi connectivity index (χ1n) is 8.00. The molecule has 0 saturated heterocycles. The summed E-state index contributed by atoms with van der Waals surface area (Å²) < 4.78 is 11.3. The Kier molecular flexibility index (Phi) is 7.49. The quantitative estimate of drug-likeness (QED) is 0.564. The topological polar surface area (TPSA) is 91.8 Å². The van der Waals surface area contributed by atoms with Gasteiger partial charge >= 0.3 is 29.6 Å². The number of ether oxygens (including phenoxy) is 2. The summed E-state index contributed by atoms with van der Waals surface area (Å²) in [5, 5.41) is 11.0. The Morgan fingerprint density at radius 3 is 2.89 bits per heavy atom. The molecule has 0 radical (unpaired) electrons. The maximum absolute atomic E-state index is 12.0. The number of fused-ring (bicyclic) bond motifs is 1. The Morgan fingerprint density at radius 2 is 2.22 bits per heavy atom. The van der Waals surface area contributed by atoms with Crippen LogP contribution in [0, 0.1) is 0 Å². The number of hydrogen-bond acceptors (Lipinski definition) is 6. The Labute approximate surface area is 183 Å². The minimum absolute atomic E-state index is 0. The van der Waals surface area contributed by atoms with Crippen LogP contribution in [0.1, 0.15) is 25.1 Å². The summed E-state index contributed by atoms with van der Waals surface area (Å²) in [6.45, 7) is 1.64. The van der Waals surface area contributed by atoms with Crippen molar-refractivity contribution in [3.05, 3.63) is 47.2 Å². The maximum Gasteiger partial charge on any atom is 1.00 e. The number of carboxylic acids is 1. The average molecular weight is 399 g/mol. The number of aromatic nitrogens is 1. The number of hydrogen-bond donors (Lipinski definition) is 0. The average Bonchev–Trinajstić information content (AvgIpc) is 2.62. The van der Waals surface area contributed by atoms with Gasteiger partial charge in [0, 0.05) is 31.2 Å². The fraction of sp³-hybridized carbons (Fsp3) is 0.278. The van der Waals surface area contributed by atoms with Gasteiger partial charge in [-0.05, 0) is 25.1 Å². The van der Waals surface area contributed by atoms with Crippen LogP contribution >= 0.6 is 11.6 Å². The van der Waals surface area contributed by atoms with Crippen LogP contribution in [-0.2, 0) is 9.59 Å². The van der Waals surface area contributed by atoms with Gasteiger partial charge in [-0.1, -0.05) is 17.7 Å². The van der Waals surface area contributed by atoms with Crippen LogP contribution in [0.3, 0.4) is 0 Å². The molecule has 0 N–H and O–H groups in total. The van der Waals surface area contributed by atoms with Crippen LogP contribution in [0.15, 0.2) is 36.5 Å². The molecule has 1 aliphatic heterocycles. The van der Waals surface area contributed by atoms with E-state index >= 15 is 0 Å². The van der Waals surface area contributed by atoms with Crippen molar-refractivity contribution in [2.75, 3.05) is 18.1 Å². The van der Waals surface area contributed by atoms with Gasteiger partial charge in [0.15, 0.2) is 6.61 Å². The molecule has 2 aromatic rings. The molecule has 1 aromatic carbocycles. The molecule has 27 heavy (non-hydrogen) atoms. The van der Waals surface area contributed by atoms with Crippen molar-refractivity contribution in [1.29, 1.82) is 0 Å². The first-order valence-corrected chi connectivity index (χ1v) is 8.37. The van der Waals surface area contributed by atoms with E-state index in [1.165, 1.54) is 11.0 Å². The molecule has 9 heteroatoms. The number of amides is 1. The molecule has 0 fully saturated rings. The summed E-state index contributed by atoms with van der Waals surface area (Å²) in [6, 6.07) is 8.64. The predicted octanol–water partition coefficient (Wildman–Crippen LogP) is -1.26. The zero-order valence-electron chi connectivity index (χ0n) is 15.0. The van der Waals surface area contributed by atoms with Crippen molar-refractivity contribution in [3.63, 3.8) is 0 Å². The number of anilines is 1. The Morgan fingerprint density at radius 1 is 1.44 bits per heavy atom. The number of benzene rings is 1. The van der Waals surface area contributed by atoms with E-state index in [1.54, 1.807) is 12.3 Å². The van der Waals surface area contributed by atoms with Crippen molar-refractivity contribution >= 4 is 29.2 Å². The zero-order valence-corrected chi connectivity index (χ0v) is 17.7. The fourth-order valence-electron chi connectivity index (χ4n) is 2.61. The molecule has 136 valence electrons. The third kappa shape index (κ3) is 5.13. The van der Waals surface area contributed by atoms with Crippen LogP contribution in [-0.4, -0.2) is 30.0 Å². The van der Waals surface area contributed by atoms with E-state index in [4.69, 9.17) is 21.1 Å². The van der Waals surface area contributed by atoms with Crippen LogP contribution in [0.5, 0.6) is 11.5 Å². The molecule has 2 heterocycles. The molecule has 3 rings (SSSR count). The number of halogens is 1. The van der Waals surface area contributed by atoms with E-state index in [0.717, 1.165) is 5.69 Å². The van der Waals surface area contributed by atoms with Crippen LogP contribution in [0.4, 0.5) is 5.69 Å². The SMILES string of the molecule is C[C@@H](Oc1cc2c(cc1Cl)N(CCC(=O)[O-])C(=O)CO2)c1ccccn1.[Na+]. The summed E-state index contributed by atoms with van der Waals surface area (Å²) in [7, 11) is 0. The Bertz CT molecular complexity index is 834. The number of carbonyl (C=O) groups excluding carboxylic acids is 2. The summed E-state index contributed by atoms with van der Waals surface area (Å²) in [6.07, 6.45) is 1.05. The Balaban J connectivity index is 0.00000261. The van der Waals surface area contributed by atoms with Crippen molar-refractivity contribution in [1.82, 2.24) is 4.98 Å². The molecule has 0 bridgehead atoms. The van der Waals surface area contributed by atoms with E-state index in [2.05, 4.69) is 4.98 Å². The number of nitrogens with zero attached hydrogens (tertiary/aromatic N) is 2. The number of rotatable bonds is 6. The summed E-state index contributed by atoms with van der Waals surface area (Å²) in [4.78, 5) is 28.3. The van der Waals surface area contributed by atoms with Gasteiger partial charge in [-0.25, -0.2) is 0 Å². The zero-order chi connectivity index (χ0) is 18.7. The minimum atomic E-state index is -1.24. The molecule has 0 saturated carbocycles. The van der Waals surface area contributed by atoms with Gasteiger partial charge in [0.25, 0.3) is 5.91 Å². The standard InChI is InChI=1S/C18H17ClN2O5.Na/c1-11(13-4-2-3-6-20-13)26-15-9-16-14(8-12(15)19)21(7-5-18(23)24)17(22)10-25-16;/h2-4,6,8-9,11H,5,7,10H2,1H3,(H,23,24);/q;+1/p-1/t11-;/m1./s1. The van der Waals surface area contributed by atoms with E-state index < -0.39 is 5.97 Å². The molecule has 0 unspecified atom stereocenters. The van der Waals surface area contributed by atoms with Gasteiger partial charge in [0.1, 0.15) is 17.6 Å². The van der Waals surface area contributed by atoms with Gasteiger partial charge in [-0.3, -0.25) is 9.78 Å². The number of carboxylic acid groups (broad SMARTS) is 1. The molecule has 1 aromatic heterocycles. The monoisotopic (exact) mass is 398 g/mol. The molecule has 0 aliphatic carbocycles. The third-order valence-electron chi connectivity index (χ3n) is 3.90. The van der Waals surface area contributed by atoms with Crippen molar-refractivity contribution < 1.29 is 53.7 Å². The van der Waals surface area contributed by atoms with E-state index in [1.807, 2.05) is 25.1 Å². The van der Waals surface area contributed by atoms with Gasteiger partial charge in [-0.2, -0.15) is 0 Å². The van der Waals surface area contributed by atoms with Crippen LogP contribution < -0.4 is 49.0 Å². The van der Waals surface area contributed by atoms with Crippen LogP contribution in [0.25, 0.3) is 0 Å². The summed E-state index contributed by atoms with van der Waals surface area (Å²) in [5.74, 6) is -0.792. The van der Waals surface area contributed by atoms with Crippen molar-refractivity contribution in [2.24, 2.45) is 0 Å². The molecular formula is C18H16ClN2NaO5. The maximum atomic E-state index is 12.0. The van der Waals surface area contributed by atoms with Crippen molar-refractivity contribution in [3.8, 4) is 11.5 Å². The van der Waals surface area contributed by atoms with E-state index in [0.29, 0.717) is 17.2 Å². The molecule has 1 atom stereocenters. The van der Waals surface area contributed by atoms with Gasteiger partial charge in [-0.15, -0.1) is 0 Å². The molecule has 0 spiro atoms. The predicted molar refractivity (Wildman–Crippen MR) is 92.2 cm³/mol. The third-order valence-corrected chi connectivity index (χ3v) is 4.20. The number of pyridine rings is 1. The minimum Gasteiger partial charge on any atom is -0.550 e. The van der Waals surface area contributed by atoms with Gasteiger partial charge in [0.2, 0.25) is 0 Å². The van der Waals surface area contributed by atoms with Crippen molar-refractivity contribution in [2.45, 2.75) is 19.4 Å². The van der Waals surface area contributed by atoms with Gasteiger partial charge in [0.05, 0.1) is 16.4 Å². The second-order valence-corrected chi connectivity index (χ2v) is 6.13. The largest absolute Gasteiger partial charge is 1.00 e. The second kappa shape index (κ2) is 9.41. The first-order chi connectivity index (χ1) is 12.5. The first kappa shape index (κ1) is 21.5. The molecule has 1 aliphatic rings. The fourth-order valence-corrected chi connectivity index (χ4v) is 2.81. The van der Waals surface area contributed by atoms with E-state index in [-0.39, 0.29) is 66.2 Å². The summed E-state index contributed by atoms with van der Waals surface area (Å²) in [5.41, 5.74) is 1.15. The van der Waals surface area contributed by atoms with E-state index in [9.17, 15) is 14.7 Å². The van der Waals surface area contributed by atoms with Crippen LogP contribution in [0.2, 0.25) is 5.02 Å². The molecular weight excluding hydrogens is 383 g/mol. The summed E-state index contributed by atoms with van der Waals surface area (Å²) >= 11 is 6.30. The number of aliphatic carboxylic acids is 1.